The second-order valence-electron chi connectivity index (χ2n) is 4.39. The van der Waals surface area contributed by atoms with E-state index in [0.29, 0.717) is 12.1 Å². The minimum Gasteiger partial charge on any atom is -0.478 e. The molecule has 100 valence electrons. The van der Waals surface area contributed by atoms with E-state index in [1.54, 1.807) is 24.4 Å². The van der Waals surface area contributed by atoms with Crippen LogP contribution in [0.5, 0.6) is 0 Å². The van der Waals surface area contributed by atoms with Crippen molar-refractivity contribution in [3.05, 3.63) is 53.6 Å². The first-order valence-electron chi connectivity index (χ1n) is 6.16. The van der Waals surface area contributed by atoms with Gasteiger partial charge in [0.1, 0.15) is 5.82 Å². The maximum Gasteiger partial charge on any atom is 0.335 e. The van der Waals surface area contributed by atoms with E-state index < -0.39 is 5.97 Å². The average Bonchev–Trinajstić information content (AvgIpc) is 2.81. The molecule has 0 unspecified atom stereocenters. The third-order valence-electron chi connectivity index (χ3n) is 2.95. The van der Waals surface area contributed by atoms with Crippen LogP contribution in [0.4, 0.5) is 0 Å². The molecular weight excluding hydrogens is 242 g/mol. The Morgan fingerprint density at radius 1 is 1.47 bits per heavy atom. The molecule has 0 aliphatic heterocycles. The van der Waals surface area contributed by atoms with Crippen molar-refractivity contribution in [3.8, 4) is 0 Å². The summed E-state index contributed by atoms with van der Waals surface area (Å²) in [7, 11) is 1.97. The maximum absolute atomic E-state index is 10.8. The molecule has 2 rings (SSSR count). The maximum atomic E-state index is 10.8. The highest BCUT2D eigenvalue weighted by Crippen LogP contribution is 2.05. The number of hydrogen-bond acceptors (Lipinski definition) is 3. The molecule has 0 bridgehead atoms. The van der Waals surface area contributed by atoms with Crippen LogP contribution in [-0.4, -0.2) is 27.2 Å². The first kappa shape index (κ1) is 13.3. The lowest BCUT2D eigenvalue weighted by Gasteiger charge is -2.06. The molecule has 5 heteroatoms. The van der Waals surface area contributed by atoms with Gasteiger partial charge in [-0.1, -0.05) is 12.1 Å². The Balaban J connectivity index is 1.81. The molecule has 1 aromatic heterocycles. The number of nitrogens with zero attached hydrogens (tertiary/aromatic N) is 2. The fourth-order valence-electron chi connectivity index (χ4n) is 1.88. The summed E-state index contributed by atoms with van der Waals surface area (Å²) in [6, 6.07) is 6.97. The smallest absolute Gasteiger partial charge is 0.335 e. The van der Waals surface area contributed by atoms with Crippen LogP contribution < -0.4 is 5.32 Å². The highest BCUT2D eigenvalue weighted by atomic mass is 16.4. The predicted molar refractivity (Wildman–Crippen MR) is 72.0 cm³/mol. The number of carbonyl (C=O) groups is 1. The zero-order chi connectivity index (χ0) is 13.7. The monoisotopic (exact) mass is 259 g/mol. The standard InChI is InChI=1S/C14H17N3O2/c1-17-8-7-16-13(17)5-6-15-10-11-3-2-4-12(9-11)14(18)19/h2-4,7-9,15H,5-6,10H2,1H3,(H,18,19). The Labute approximate surface area is 111 Å². The van der Waals surface area contributed by atoms with Crippen LogP contribution in [0.1, 0.15) is 21.7 Å². The van der Waals surface area contributed by atoms with Crippen molar-refractivity contribution in [1.82, 2.24) is 14.9 Å². The first-order valence-corrected chi connectivity index (χ1v) is 6.16. The summed E-state index contributed by atoms with van der Waals surface area (Å²) in [5, 5.41) is 12.2. The summed E-state index contributed by atoms with van der Waals surface area (Å²) in [6.45, 7) is 1.47. The number of carboxylic acid groups (broad SMARTS) is 1. The molecule has 2 N–H and O–H groups in total. The van der Waals surface area contributed by atoms with E-state index >= 15 is 0 Å². The van der Waals surface area contributed by atoms with E-state index in [2.05, 4.69) is 10.3 Å². The third kappa shape index (κ3) is 3.66. The fraction of sp³-hybridized carbons (Fsp3) is 0.286. The van der Waals surface area contributed by atoms with Gasteiger partial charge in [0.2, 0.25) is 0 Å². The Bertz CT molecular complexity index is 563. The van der Waals surface area contributed by atoms with E-state index in [4.69, 9.17) is 5.11 Å². The number of carboxylic acids is 1. The zero-order valence-corrected chi connectivity index (χ0v) is 10.8. The van der Waals surface area contributed by atoms with Gasteiger partial charge in [0.25, 0.3) is 0 Å². The van der Waals surface area contributed by atoms with E-state index in [0.717, 1.165) is 24.4 Å². The van der Waals surface area contributed by atoms with Crippen molar-refractivity contribution < 1.29 is 9.90 Å². The largest absolute Gasteiger partial charge is 0.478 e. The van der Waals surface area contributed by atoms with Crippen LogP contribution in [0.15, 0.2) is 36.7 Å². The fourth-order valence-corrected chi connectivity index (χ4v) is 1.88. The number of benzene rings is 1. The molecule has 19 heavy (non-hydrogen) atoms. The molecule has 0 fully saturated rings. The van der Waals surface area contributed by atoms with Gasteiger partial charge >= 0.3 is 5.97 Å². The summed E-state index contributed by atoms with van der Waals surface area (Å²) in [6.07, 6.45) is 4.56. The molecule has 5 nitrogen and oxygen atoms in total. The Hall–Kier alpha value is -2.14. The van der Waals surface area contributed by atoms with Crippen molar-refractivity contribution in [2.24, 2.45) is 7.05 Å². The third-order valence-corrected chi connectivity index (χ3v) is 2.95. The summed E-state index contributed by atoms with van der Waals surface area (Å²) >= 11 is 0. The van der Waals surface area contributed by atoms with Crippen LogP contribution >= 0.6 is 0 Å². The molecule has 0 aliphatic rings. The molecule has 0 aliphatic carbocycles. The van der Waals surface area contributed by atoms with E-state index in [1.807, 2.05) is 23.9 Å². The average molecular weight is 259 g/mol. The van der Waals surface area contributed by atoms with Gasteiger partial charge in [-0.15, -0.1) is 0 Å². The number of aromatic carboxylic acids is 1. The number of rotatable bonds is 6. The van der Waals surface area contributed by atoms with Gasteiger partial charge in [-0.2, -0.15) is 0 Å². The summed E-state index contributed by atoms with van der Waals surface area (Å²) in [4.78, 5) is 15.1. The molecule has 0 atom stereocenters. The van der Waals surface area contributed by atoms with Gasteiger partial charge in [0.15, 0.2) is 0 Å². The Kier molecular flexibility index (Phi) is 4.30. The first-order chi connectivity index (χ1) is 9.16. The van der Waals surface area contributed by atoms with Crippen LogP contribution in [0.2, 0.25) is 0 Å². The van der Waals surface area contributed by atoms with Crippen molar-refractivity contribution >= 4 is 5.97 Å². The molecule has 0 radical (unpaired) electrons. The molecule has 2 aromatic rings. The van der Waals surface area contributed by atoms with E-state index in [1.165, 1.54) is 0 Å². The lowest BCUT2D eigenvalue weighted by molar-refractivity contribution is 0.0696. The molecule has 0 amide bonds. The van der Waals surface area contributed by atoms with Gasteiger partial charge in [-0.3, -0.25) is 0 Å². The number of aryl methyl sites for hydroxylation is 1. The van der Waals surface area contributed by atoms with Gasteiger partial charge < -0.3 is 15.0 Å². The molecule has 0 saturated heterocycles. The summed E-state index contributed by atoms with van der Waals surface area (Å²) in [5.74, 6) is 0.140. The van der Waals surface area contributed by atoms with Gasteiger partial charge in [0, 0.05) is 39.0 Å². The number of imidazole rings is 1. The van der Waals surface area contributed by atoms with Crippen molar-refractivity contribution in [2.45, 2.75) is 13.0 Å². The minimum atomic E-state index is -0.894. The number of hydrogen-bond donors (Lipinski definition) is 2. The van der Waals surface area contributed by atoms with Crippen LogP contribution in [-0.2, 0) is 20.0 Å². The quantitative estimate of drug-likeness (QED) is 0.771. The molecule has 0 saturated carbocycles. The van der Waals surface area contributed by atoms with Crippen LogP contribution in [0.25, 0.3) is 0 Å². The van der Waals surface area contributed by atoms with Crippen molar-refractivity contribution in [1.29, 1.82) is 0 Å². The molecule has 1 aromatic carbocycles. The lowest BCUT2D eigenvalue weighted by Crippen LogP contribution is -2.18. The van der Waals surface area contributed by atoms with Gasteiger partial charge in [-0.05, 0) is 17.7 Å². The van der Waals surface area contributed by atoms with Crippen molar-refractivity contribution in [3.63, 3.8) is 0 Å². The number of nitrogens with one attached hydrogen (secondary N) is 1. The summed E-state index contributed by atoms with van der Waals surface area (Å²) < 4.78 is 1.99. The zero-order valence-electron chi connectivity index (χ0n) is 10.8. The topological polar surface area (TPSA) is 67.2 Å². The molecule has 0 spiro atoms. The highest BCUT2D eigenvalue weighted by Gasteiger charge is 2.03. The lowest BCUT2D eigenvalue weighted by atomic mass is 10.1. The normalized spacial score (nSPS) is 10.6. The van der Waals surface area contributed by atoms with Crippen LogP contribution in [0.3, 0.4) is 0 Å². The summed E-state index contributed by atoms with van der Waals surface area (Å²) in [5.41, 5.74) is 1.29. The molecule has 1 heterocycles. The second kappa shape index (κ2) is 6.15. The van der Waals surface area contributed by atoms with E-state index in [-0.39, 0.29) is 0 Å². The second-order valence-corrected chi connectivity index (χ2v) is 4.39. The van der Waals surface area contributed by atoms with Gasteiger partial charge in [-0.25, -0.2) is 9.78 Å². The minimum absolute atomic E-state index is 0.323. The highest BCUT2D eigenvalue weighted by molar-refractivity contribution is 5.87. The predicted octanol–water partition coefficient (Wildman–Crippen LogP) is 1.45. The molecular formula is C14H17N3O2. The Morgan fingerprint density at radius 3 is 3.00 bits per heavy atom. The van der Waals surface area contributed by atoms with Crippen molar-refractivity contribution in [2.75, 3.05) is 6.54 Å². The SMILES string of the molecule is Cn1ccnc1CCNCc1cccc(C(=O)O)c1. The number of aromatic nitrogens is 2. The Morgan fingerprint density at radius 2 is 2.32 bits per heavy atom. The van der Waals surface area contributed by atoms with E-state index in [9.17, 15) is 4.79 Å². The van der Waals surface area contributed by atoms with Gasteiger partial charge in [0.05, 0.1) is 5.56 Å². The van der Waals surface area contributed by atoms with Crippen LogP contribution in [0, 0.1) is 0 Å².